The molecule has 0 spiro atoms. The van der Waals surface area contributed by atoms with E-state index in [4.69, 9.17) is 0 Å². The van der Waals surface area contributed by atoms with Crippen molar-refractivity contribution in [2.24, 2.45) is 0 Å². The van der Waals surface area contributed by atoms with Crippen LogP contribution in [-0.4, -0.2) is 41.5 Å². The maximum absolute atomic E-state index is 13.2. The van der Waals surface area contributed by atoms with Gasteiger partial charge in [-0.05, 0) is 44.0 Å². The Labute approximate surface area is 108 Å². The molecule has 0 unspecified atom stereocenters. The largest absolute Gasteiger partial charge is 0.298 e. The van der Waals surface area contributed by atoms with Gasteiger partial charge >= 0.3 is 0 Å². The monoisotopic (exact) mass is 248 g/mol. The zero-order valence-electron chi connectivity index (χ0n) is 11.0. The summed E-state index contributed by atoms with van der Waals surface area (Å²) in [4.78, 5) is 5.12. The van der Waals surface area contributed by atoms with Crippen molar-refractivity contribution in [3.63, 3.8) is 0 Å². The molecule has 0 amide bonds. The molecule has 0 N–H and O–H groups in total. The zero-order chi connectivity index (χ0) is 12.5. The zero-order valence-corrected chi connectivity index (χ0v) is 11.0. The van der Waals surface area contributed by atoms with Crippen molar-refractivity contribution in [2.45, 2.75) is 38.4 Å². The molecule has 2 saturated heterocycles. The van der Waals surface area contributed by atoms with E-state index in [1.54, 1.807) is 12.1 Å². The number of benzene rings is 1. The van der Waals surface area contributed by atoms with Crippen LogP contribution in [-0.2, 0) is 6.54 Å². The molecule has 2 fully saturated rings. The molecule has 2 atom stereocenters. The first kappa shape index (κ1) is 12.1. The lowest BCUT2D eigenvalue weighted by molar-refractivity contribution is 0.0540. The second-order valence-corrected chi connectivity index (χ2v) is 5.70. The predicted octanol–water partition coefficient (Wildman–Crippen LogP) is 2.49. The topological polar surface area (TPSA) is 6.48 Å². The van der Waals surface area contributed by atoms with Gasteiger partial charge in [-0.25, -0.2) is 4.39 Å². The molecule has 1 aromatic carbocycles. The molecule has 2 aliphatic rings. The van der Waals surface area contributed by atoms with Gasteiger partial charge in [-0.3, -0.25) is 9.80 Å². The average molecular weight is 248 g/mol. The number of piperazine rings is 1. The maximum atomic E-state index is 13.2. The highest BCUT2D eigenvalue weighted by Gasteiger charge is 2.34. The van der Waals surface area contributed by atoms with Crippen molar-refractivity contribution >= 4 is 0 Å². The van der Waals surface area contributed by atoms with Gasteiger partial charge in [0.2, 0.25) is 0 Å². The van der Waals surface area contributed by atoms with Crippen LogP contribution in [0.25, 0.3) is 0 Å². The summed E-state index contributed by atoms with van der Waals surface area (Å²) in [5.41, 5.74) is 1.09. The van der Waals surface area contributed by atoms with Gasteiger partial charge in [0.15, 0.2) is 0 Å². The van der Waals surface area contributed by atoms with Crippen molar-refractivity contribution in [3.8, 4) is 0 Å². The molecule has 1 aromatic rings. The third kappa shape index (κ3) is 2.43. The Morgan fingerprint density at radius 2 is 2.22 bits per heavy atom. The van der Waals surface area contributed by atoms with Gasteiger partial charge in [0, 0.05) is 31.7 Å². The SMILES string of the molecule is C[C@@H]1CN2CCC[C@H]2CN1Cc1cccc(F)c1. The summed E-state index contributed by atoms with van der Waals surface area (Å²) < 4.78 is 13.2. The van der Waals surface area contributed by atoms with E-state index in [2.05, 4.69) is 16.7 Å². The minimum Gasteiger partial charge on any atom is -0.298 e. The molecular weight excluding hydrogens is 227 g/mol. The lowest BCUT2D eigenvalue weighted by atomic mass is 10.1. The highest BCUT2D eigenvalue weighted by atomic mass is 19.1. The standard InChI is InChI=1S/C15H21FN2/c1-12-9-17-7-3-6-15(17)11-18(12)10-13-4-2-5-14(16)8-13/h2,4-5,8,12,15H,3,6-7,9-11H2,1H3/t12-,15+/m1/s1. The maximum Gasteiger partial charge on any atom is 0.123 e. The quantitative estimate of drug-likeness (QED) is 0.793. The molecule has 0 aromatic heterocycles. The number of rotatable bonds is 2. The second kappa shape index (κ2) is 4.98. The first-order chi connectivity index (χ1) is 8.72. The molecule has 2 nitrogen and oxygen atoms in total. The molecule has 0 radical (unpaired) electrons. The summed E-state index contributed by atoms with van der Waals surface area (Å²) in [5, 5.41) is 0. The highest BCUT2D eigenvalue weighted by Crippen LogP contribution is 2.25. The molecule has 18 heavy (non-hydrogen) atoms. The fourth-order valence-corrected chi connectivity index (χ4v) is 3.34. The summed E-state index contributed by atoms with van der Waals surface area (Å²) in [6.07, 6.45) is 2.66. The molecule has 2 heterocycles. The summed E-state index contributed by atoms with van der Waals surface area (Å²) in [7, 11) is 0. The Morgan fingerprint density at radius 1 is 1.33 bits per heavy atom. The molecule has 0 saturated carbocycles. The van der Waals surface area contributed by atoms with E-state index >= 15 is 0 Å². The highest BCUT2D eigenvalue weighted by molar-refractivity contribution is 5.16. The van der Waals surface area contributed by atoms with Crippen molar-refractivity contribution in [3.05, 3.63) is 35.6 Å². The van der Waals surface area contributed by atoms with Crippen molar-refractivity contribution in [2.75, 3.05) is 19.6 Å². The Morgan fingerprint density at radius 3 is 3.06 bits per heavy atom. The third-order valence-corrected chi connectivity index (χ3v) is 4.34. The van der Waals surface area contributed by atoms with Crippen LogP contribution in [0.3, 0.4) is 0 Å². The van der Waals surface area contributed by atoms with Gasteiger partial charge in [0.1, 0.15) is 5.82 Å². The number of hydrogen-bond donors (Lipinski definition) is 0. The second-order valence-electron chi connectivity index (χ2n) is 5.70. The third-order valence-electron chi connectivity index (χ3n) is 4.34. The van der Waals surface area contributed by atoms with Crippen LogP contribution in [0, 0.1) is 5.82 Å². The van der Waals surface area contributed by atoms with Gasteiger partial charge < -0.3 is 0 Å². The normalized spacial score (nSPS) is 29.4. The van der Waals surface area contributed by atoms with E-state index in [1.165, 1.54) is 32.0 Å². The Bertz CT molecular complexity index is 421. The summed E-state index contributed by atoms with van der Waals surface area (Å²) in [6.45, 7) is 6.73. The van der Waals surface area contributed by atoms with Gasteiger partial charge in [0.25, 0.3) is 0 Å². The van der Waals surface area contributed by atoms with Crippen LogP contribution in [0.2, 0.25) is 0 Å². The molecule has 98 valence electrons. The molecule has 0 bridgehead atoms. The average Bonchev–Trinajstić information content (AvgIpc) is 2.76. The van der Waals surface area contributed by atoms with Crippen LogP contribution in [0.4, 0.5) is 4.39 Å². The number of fused-ring (bicyclic) bond motifs is 1. The van der Waals surface area contributed by atoms with E-state index in [9.17, 15) is 4.39 Å². The van der Waals surface area contributed by atoms with E-state index in [-0.39, 0.29) is 5.82 Å². The number of hydrogen-bond acceptors (Lipinski definition) is 2. The summed E-state index contributed by atoms with van der Waals surface area (Å²) in [5.74, 6) is -0.125. The van der Waals surface area contributed by atoms with E-state index in [0.717, 1.165) is 24.7 Å². The van der Waals surface area contributed by atoms with Crippen LogP contribution >= 0.6 is 0 Å². The minimum atomic E-state index is -0.125. The molecule has 3 heteroatoms. The molecule has 2 aliphatic heterocycles. The van der Waals surface area contributed by atoms with Gasteiger partial charge in [-0.15, -0.1) is 0 Å². The summed E-state index contributed by atoms with van der Waals surface area (Å²) >= 11 is 0. The van der Waals surface area contributed by atoms with E-state index in [1.807, 2.05) is 6.07 Å². The fraction of sp³-hybridized carbons (Fsp3) is 0.600. The van der Waals surface area contributed by atoms with Crippen molar-refractivity contribution < 1.29 is 4.39 Å². The predicted molar refractivity (Wildman–Crippen MR) is 70.9 cm³/mol. The van der Waals surface area contributed by atoms with E-state index < -0.39 is 0 Å². The molecule has 0 aliphatic carbocycles. The van der Waals surface area contributed by atoms with Crippen molar-refractivity contribution in [1.82, 2.24) is 9.80 Å². The lowest BCUT2D eigenvalue weighted by Gasteiger charge is -2.42. The van der Waals surface area contributed by atoms with Crippen LogP contribution in [0.15, 0.2) is 24.3 Å². The Balaban J connectivity index is 1.68. The lowest BCUT2D eigenvalue weighted by Crippen LogP contribution is -2.54. The molecular formula is C15H21FN2. The first-order valence-electron chi connectivity index (χ1n) is 6.95. The Kier molecular flexibility index (Phi) is 3.35. The van der Waals surface area contributed by atoms with Crippen LogP contribution < -0.4 is 0 Å². The number of nitrogens with zero attached hydrogens (tertiary/aromatic N) is 2. The first-order valence-corrected chi connectivity index (χ1v) is 6.95. The Hall–Kier alpha value is -0.930. The van der Waals surface area contributed by atoms with E-state index in [0.29, 0.717) is 6.04 Å². The minimum absolute atomic E-state index is 0.125. The van der Waals surface area contributed by atoms with Crippen LogP contribution in [0.1, 0.15) is 25.3 Å². The van der Waals surface area contributed by atoms with Gasteiger partial charge in [-0.1, -0.05) is 12.1 Å². The fourth-order valence-electron chi connectivity index (χ4n) is 3.34. The molecule has 3 rings (SSSR count). The summed E-state index contributed by atoms with van der Waals surface area (Å²) in [6, 6.07) is 8.31. The van der Waals surface area contributed by atoms with Gasteiger partial charge in [-0.2, -0.15) is 0 Å². The smallest absolute Gasteiger partial charge is 0.123 e. The van der Waals surface area contributed by atoms with Gasteiger partial charge in [0.05, 0.1) is 0 Å². The van der Waals surface area contributed by atoms with Crippen LogP contribution in [0.5, 0.6) is 0 Å². The van der Waals surface area contributed by atoms with Crippen molar-refractivity contribution in [1.29, 1.82) is 0 Å². The number of halogens is 1.